The molecule has 0 radical (unpaired) electrons. The lowest BCUT2D eigenvalue weighted by molar-refractivity contribution is 0.411. The molecule has 2 aromatic rings. The predicted molar refractivity (Wildman–Crippen MR) is 85.3 cm³/mol. The van der Waals surface area contributed by atoms with Gasteiger partial charge in [-0.25, -0.2) is 9.97 Å². The molecule has 20 heavy (non-hydrogen) atoms. The second-order valence-corrected chi connectivity index (χ2v) is 5.70. The van der Waals surface area contributed by atoms with Gasteiger partial charge in [0.25, 0.3) is 0 Å². The van der Waals surface area contributed by atoms with Crippen LogP contribution in [0.25, 0.3) is 0 Å². The number of hydrogen-bond donors (Lipinski definition) is 1. The van der Waals surface area contributed by atoms with Gasteiger partial charge in [-0.05, 0) is 37.9 Å². The average molecular weight is 423 g/mol. The molecule has 0 saturated heterocycles. The van der Waals surface area contributed by atoms with Crippen molar-refractivity contribution in [1.82, 2.24) is 9.97 Å². The Kier molecular flexibility index (Phi) is 5.06. The first-order chi connectivity index (χ1) is 9.56. The van der Waals surface area contributed by atoms with Gasteiger partial charge in [-0.1, -0.05) is 11.6 Å². The molecule has 1 aromatic heterocycles. The van der Waals surface area contributed by atoms with Crippen LogP contribution in [0.5, 0.6) is 11.5 Å². The van der Waals surface area contributed by atoms with E-state index in [2.05, 4.69) is 47.1 Å². The third-order valence-corrected chi connectivity index (χ3v) is 4.00. The minimum absolute atomic E-state index is 0.241. The molecule has 0 aliphatic heterocycles. The van der Waals surface area contributed by atoms with E-state index in [0.29, 0.717) is 17.3 Å². The first-order valence-electron chi connectivity index (χ1n) is 5.41. The zero-order chi connectivity index (χ0) is 14.7. The lowest BCUT2D eigenvalue weighted by Gasteiger charge is -2.13. The number of methoxy groups -OCH3 is 2. The Morgan fingerprint density at radius 1 is 1.10 bits per heavy atom. The van der Waals surface area contributed by atoms with Gasteiger partial charge in [-0.15, -0.1) is 0 Å². The van der Waals surface area contributed by atoms with Crippen LogP contribution in [-0.2, 0) is 0 Å². The van der Waals surface area contributed by atoms with Gasteiger partial charge in [-0.3, -0.25) is 0 Å². The van der Waals surface area contributed by atoms with Crippen LogP contribution >= 0.6 is 43.5 Å². The normalized spacial score (nSPS) is 10.2. The predicted octanol–water partition coefficient (Wildman–Crippen LogP) is 4.42. The van der Waals surface area contributed by atoms with Crippen molar-refractivity contribution in [3.8, 4) is 11.5 Å². The quantitative estimate of drug-likeness (QED) is 0.738. The third-order valence-electron chi connectivity index (χ3n) is 2.46. The maximum absolute atomic E-state index is 5.96. The van der Waals surface area contributed by atoms with Crippen molar-refractivity contribution in [2.24, 2.45) is 0 Å². The minimum Gasteiger partial charge on any atom is -0.495 e. The number of halogens is 3. The van der Waals surface area contributed by atoms with E-state index in [-0.39, 0.29) is 5.15 Å². The van der Waals surface area contributed by atoms with Gasteiger partial charge in [0.05, 0.1) is 24.4 Å². The highest BCUT2D eigenvalue weighted by Gasteiger charge is 2.13. The van der Waals surface area contributed by atoms with E-state index >= 15 is 0 Å². The molecule has 0 saturated carbocycles. The van der Waals surface area contributed by atoms with E-state index in [1.807, 2.05) is 12.1 Å². The maximum Gasteiger partial charge on any atom is 0.199 e. The fourth-order valence-electron chi connectivity index (χ4n) is 1.53. The van der Waals surface area contributed by atoms with Crippen LogP contribution in [-0.4, -0.2) is 24.2 Å². The number of hydrogen-bond acceptors (Lipinski definition) is 5. The summed E-state index contributed by atoms with van der Waals surface area (Å²) in [5, 5.41) is 3.37. The summed E-state index contributed by atoms with van der Waals surface area (Å²) in [6, 6.07) is 3.69. The van der Waals surface area contributed by atoms with Gasteiger partial charge >= 0.3 is 0 Å². The zero-order valence-electron chi connectivity index (χ0n) is 10.6. The molecule has 0 unspecified atom stereocenters. The van der Waals surface area contributed by atoms with E-state index in [1.165, 1.54) is 13.4 Å². The SMILES string of the molecule is COc1cc(Nc2ncnc(Cl)c2OC)c(Br)cc1Br. The number of ether oxygens (including phenoxy) is 2. The molecule has 0 bridgehead atoms. The summed E-state index contributed by atoms with van der Waals surface area (Å²) in [7, 11) is 3.10. The number of nitrogens with zero attached hydrogens (tertiary/aromatic N) is 2. The average Bonchev–Trinajstić information content (AvgIpc) is 2.42. The molecule has 0 aliphatic carbocycles. The molecule has 1 heterocycles. The van der Waals surface area contributed by atoms with Gasteiger partial charge < -0.3 is 14.8 Å². The molecule has 0 spiro atoms. The Balaban J connectivity index is 2.42. The molecule has 2 rings (SSSR count). The van der Waals surface area contributed by atoms with E-state index < -0.39 is 0 Å². The first kappa shape index (κ1) is 15.3. The van der Waals surface area contributed by atoms with Crippen molar-refractivity contribution in [2.45, 2.75) is 0 Å². The van der Waals surface area contributed by atoms with E-state index in [1.54, 1.807) is 7.11 Å². The standard InChI is InChI=1S/C12H10Br2ClN3O2/c1-19-9-4-8(6(13)3-7(9)14)18-12-10(20-2)11(15)16-5-17-12/h3-5H,1-2H3,(H,16,17,18). The lowest BCUT2D eigenvalue weighted by atomic mass is 10.3. The number of anilines is 2. The topological polar surface area (TPSA) is 56.3 Å². The van der Waals surface area contributed by atoms with E-state index in [0.717, 1.165) is 14.6 Å². The summed E-state index contributed by atoms with van der Waals surface area (Å²) in [4.78, 5) is 7.99. The summed E-state index contributed by atoms with van der Waals surface area (Å²) < 4.78 is 12.1. The van der Waals surface area contributed by atoms with Crippen molar-refractivity contribution < 1.29 is 9.47 Å². The van der Waals surface area contributed by atoms with Crippen LogP contribution in [0, 0.1) is 0 Å². The summed E-state index contributed by atoms with van der Waals surface area (Å²) in [5.41, 5.74) is 0.762. The highest BCUT2D eigenvalue weighted by Crippen LogP contribution is 2.38. The molecular formula is C12H10Br2ClN3O2. The molecular weight excluding hydrogens is 413 g/mol. The van der Waals surface area contributed by atoms with Crippen molar-refractivity contribution in [1.29, 1.82) is 0 Å². The maximum atomic E-state index is 5.96. The smallest absolute Gasteiger partial charge is 0.199 e. The molecule has 8 heteroatoms. The molecule has 0 fully saturated rings. The number of rotatable bonds is 4. The van der Waals surface area contributed by atoms with Crippen LogP contribution in [0.3, 0.4) is 0 Å². The van der Waals surface area contributed by atoms with Crippen molar-refractivity contribution in [2.75, 3.05) is 19.5 Å². The largest absolute Gasteiger partial charge is 0.495 e. The Labute approximate surface area is 137 Å². The summed E-state index contributed by atoms with van der Waals surface area (Å²) in [5.74, 6) is 1.54. The highest BCUT2D eigenvalue weighted by molar-refractivity contribution is 9.11. The van der Waals surface area contributed by atoms with Crippen LogP contribution in [0.2, 0.25) is 5.15 Å². The second kappa shape index (κ2) is 6.60. The third kappa shape index (κ3) is 3.16. The van der Waals surface area contributed by atoms with E-state index in [9.17, 15) is 0 Å². The summed E-state index contributed by atoms with van der Waals surface area (Å²) in [6.45, 7) is 0. The Hall–Kier alpha value is -1.05. The van der Waals surface area contributed by atoms with Gasteiger partial charge in [0, 0.05) is 10.5 Å². The molecule has 1 aromatic carbocycles. The summed E-state index contributed by atoms with van der Waals surface area (Å²) in [6.07, 6.45) is 1.36. The van der Waals surface area contributed by atoms with Gasteiger partial charge in [0.1, 0.15) is 12.1 Å². The fourth-order valence-corrected chi connectivity index (χ4v) is 3.00. The van der Waals surface area contributed by atoms with E-state index in [4.69, 9.17) is 21.1 Å². The lowest BCUT2D eigenvalue weighted by Crippen LogP contribution is -2.00. The van der Waals surface area contributed by atoms with Crippen LogP contribution in [0.1, 0.15) is 0 Å². The second-order valence-electron chi connectivity index (χ2n) is 3.64. The molecule has 0 aliphatic rings. The van der Waals surface area contributed by atoms with Gasteiger partial charge in [-0.2, -0.15) is 0 Å². The Morgan fingerprint density at radius 3 is 2.50 bits per heavy atom. The van der Waals surface area contributed by atoms with Crippen LogP contribution in [0.15, 0.2) is 27.4 Å². The first-order valence-corrected chi connectivity index (χ1v) is 7.37. The van der Waals surface area contributed by atoms with Crippen molar-refractivity contribution >= 4 is 55.0 Å². The van der Waals surface area contributed by atoms with Crippen molar-refractivity contribution in [3.63, 3.8) is 0 Å². The molecule has 0 atom stereocenters. The minimum atomic E-state index is 0.241. The fraction of sp³-hybridized carbons (Fsp3) is 0.167. The van der Waals surface area contributed by atoms with Crippen LogP contribution < -0.4 is 14.8 Å². The molecule has 106 valence electrons. The van der Waals surface area contributed by atoms with Gasteiger partial charge in [0.15, 0.2) is 16.7 Å². The monoisotopic (exact) mass is 421 g/mol. The molecule has 0 amide bonds. The Morgan fingerprint density at radius 2 is 1.85 bits per heavy atom. The van der Waals surface area contributed by atoms with Crippen LogP contribution in [0.4, 0.5) is 11.5 Å². The number of benzene rings is 1. The molecule has 5 nitrogen and oxygen atoms in total. The number of aromatic nitrogens is 2. The number of nitrogens with one attached hydrogen (secondary N) is 1. The summed E-state index contributed by atoms with van der Waals surface area (Å²) >= 11 is 12.8. The Bertz CT molecular complexity index is 640. The zero-order valence-corrected chi connectivity index (χ0v) is 14.5. The highest BCUT2D eigenvalue weighted by atomic mass is 79.9. The van der Waals surface area contributed by atoms with Crippen molar-refractivity contribution in [3.05, 3.63) is 32.6 Å². The molecule has 1 N–H and O–H groups in total. The van der Waals surface area contributed by atoms with Gasteiger partial charge in [0.2, 0.25) is 0 Å².